The Bertz CT molecular complexity index is 1790. The number of thiazole rings is 1. The fourth-order valence-electron chi connectivity index (χ4n) is 4.32. The van der Waals surface area contributed by atoms with Gasteiger partial charge in [-0.1, -0.05) is 17.3 Å². The van der Waals surface area contributed by atoms with Gasteiger partial charge in [0, 0.05) is 29.8 Å². The summed E-state index contributed by atoms with van der Waals surface area (Å²) in [6, 6.07) is 1.58. The van der Waals surface area contributed by atoms with Gasteiger partial charge in [-0.3, -0.25) is 14.5 Å². The number of aliphatic carboxylic acids is 2. The van der Waals surface area contributed by atoms with Crippen molar-refractivity contribution in [1.82, 2.24) is 24.8 Å². The number of nitrogens with one attached hydrogen (secondary N) is 1. The third-order valence-corrected chi connectivity index (χ3v) is 8.66. The lowest BCUT2D eigenvalue weighted by Crippen LogP contribution is -2.71. The molecule has 2 amide bonds. The Morgan fingerprint density at radius 3 is 2.64 bits per heavy atom. The first-order chi connectivity index (χ1) is 20.8. The van der Waals surface area contributed by atoms with Crippen molar-refractivity contribution < 1.29 is 44.4 Å². The minimum absolute atomic E-state index is 0.00217. The Morgan fingerprint density at radius 1 is 1.25 bits per heavy atom. The van der Waals surface area contributed by atoms with Crippen molar-refractivity contribution in [3.05, 3.63) is 53.0 Å². The summed E-state index contributed by atoms with van der Waals surface area (Å²) in [5.74, 6) is -4.63. The van der Waals surface area contributed by atoms with Crippen molar-refractivity contribution in [2.24, 2.45) is 5.16 Å². The minimum Gasteiger partial charge on any atom is -0.504 e. The number of oxime groups is 1. The van der Waals surface area contributed by atoms with Crippen molar-refractivity contribution in [2.75, 3.05) is 11.5 Å². The van der Waals surface area contributed by atoms with E-state index in [1.165, 1.54) is 49.4 Å². The molecule has 0 aliphatic carbocycles. The number of benzene rings is 1. The molecule has 0 bridgehead atoms. The molecule has 5 rings (SSSR count). The number of carboxylic acids is 2. The Morgan fingerprint density at radius 2 is 1.98 bits per heavy atom. The van der Waals surface area contributed by atoms with Gasteiger partial charge in [0.2, 0.25) is 5.60 Å². The molecule has 44 heavy (non-hydrogen) atoms. The maximum Gasteiger partial charge on any atom is 0.352 e. The number of hydrogen-bond donors (Lipinski definition) is 6. The van der Waals surface area contributed by atoms with Gasteiger partial charge in [0.05, 0.1) is 17.4 Å². The van der Waals surface area contributed by atoms with Crippen LogP contribution in [0.2, 0.25) is 0 Å². The summed E-state index contributed by atoms with van der Waals surface area (Å²) in [6.07, 6.45) is 4.76. The molecule has 7 N–H and O–H groups in total. The van der Waals surface area contributed by atoms with Crippen LogP contribution in [-0.2, 0) is 30.6 Å². The van der Waals surface area contributed by atoms with Crippen LogP contribution < -0.4 is 11.1 Å². The van der Waals surface area contributed by atoms with Gasteiger partial charge < -0.3 is 40.9 Å². The number of anilines is 1. The first kappa shape index (κ1) is 30.4. The number of carboxylic acid groups (broad SMARTS) is 2. The number of nitrogens with two attached hydrogens (primary N) is 1. The Kier molecular flexibility index (Phi) is 7.96. The van der Waals surface area contributed by atoms with E-state index >= 15 is 0 Å². The number of nitrogens with zero attached hydrogens (tertiary/aromatic N) is 5. The molecular weight excluding hydrogens is 618 g/mol. The molecule has 2 aliphatic rings. The van der Waals surface area contributed by atoms with E-state index in [1.54, 1.807) is 16.7 Å². The lowest BCUT2D eigenvalue weighted by molar-refractivity contribution is -0.161. The van der Waals surface area contributed by atoms with Gasteiger partial charge in [-0.05, 0) is 19.4 Å². The van der Waals surface area contributed by atoms with Crippen LogP contribution in [0.5, 0.6) is 11.5 Å². The lowest BCUT2D eigenvalue weighted by atomic mass is 10.0. The van der Waals surface area contributed by atoms with E-state index in [0.29, 0.717) is 16.6 Å². The number of carbonyl (C=O) groups excluding carboxylic acids is 2. The highest BCUT2D eigenvalue weighted by Crippen LogP contribution is 2.41. The second kappa shape index (κ2) is 11.5. The van der Waals surface area contributed by atoms with E-state index in [2.05, 4.69) is 20.4 Å². The summed E-state index contributed by atoms with van der Waals surface area (Å²) < 4.78 is 1.68. The Hall–Kier alpha value is -5.10. The molecule has 16 nitrogen and oxygen atoms in total. The number of phenols is 2. The predicted molar refractivity (Wildman–Crippen MR) is 158 cm³/mol. The molecule has 2 aliphatic heterocycles. The zero-order chi connectivity index (χ0) is 31.9. The number of carbonyl (C=O) groups is 4. The number of fused-ring (bicyclic) bond motifs is 2. The summed E-state index contributed by atoms with van der Waals surface area (Å²) in [6.45, 7) is 2.72. The molecule has 1 fully saturated rings. The van der Waals surface area contributed by atoms with Gasteiger partial charge in [-0.25, -0.2) is 19.6 Å². The average Bonchev–Trinajstić information content (AvgIpc) is 3.56. The molecule has 1 saturated heterocycles. The number of imidazole rings is 1. The number of hydrogen-bond acceptors (Lipinski definition) is 13. The van der Waals surface area contributed by atoms with Crippen LogP contribution in [0, 0.1) is 0 Å². The van der Waals surface area contributed by atoms with Crippen LogP contribution in [0.3, 0.4) is 0 Å². The molecule has 0 spiro atoms. The van der Waals surface area contributed by atoms with Gasteiger partial charge >= 0.3 is 11.9 Å². The fraction of sp³-hybridized carbons (Fsp3) is 0.269. The molecule has 2 atom stereocenters. The number of nitrogen functional groups attached to an aromatic ring is 1. The van der Waals surface area contributed by atoms with Crippen molar-refractivity contribution >= 4 is 68.7 Å². The van der Waals surface area contributed by atoms with Gasteiger partial charge in [0.1, 0.15) is 22.8 Å². The Balaban J connectivity index is 1.33. The highest BCUT2D eigenvalue weighted by atomic mass is 32.2. The number of rotatable bonds is 10. The van der Waals surface area contributed by atoms with Crippen LogP contribution in [0.4, 0.5) is 5.13 Å². The van der Waals surface area contributed by atoms with E-state index in [4.69, 9.17) is 10.6 Å². The van der Waals surface area contributed by atoms with Crippen molar-refractivity contribution in [3.8, 4) is 11.5 Å². The van der Waals surface area contributed by atoms with Gasteiger partial charge in [-0.15, -0.1) is 23.1 Å². The first-order valence-electron chi connectivity index (χ1n) is 12.7. The second-order valence-electron chi connectivity index (χ2n) is 10.1. The zero-order valence-electron chi connectivity index (χ0n) is 23.0. The van der Waals surface area contributed by atoms with E-state index in [1.807, 2.05) is 0 Å². The maximum atomic E-state index is 13.2. The molecule has 4 heterocycles. The smallest absolute Gasteiger partial charge is 0.352 e. The van der Waals surface area contributed by atoms with E-state index < -0.39 is 46.5 Å². The van der Waals surface area contributed by atoms with Crippen LogP contribution in [0.1, 0.15) is 19.5 Å². The highest BCUT2D eigenvalue weighted by Gasteiger charge is 2.54. The molecule has 0 radical (unpaired) electrons. The number of allylic oxidation sites excluding steroid dienone is 2. The van der Waals surface area contributed by atoms with Crippen LogP contribution in [-0.4, -0.2) is 92.1 Å². The van der Waals surface area contributed by atoms with Crippen molar-refractivity contribution in [1.29, 1.82) is 0 Å². The van der Waals surface area contributed by atoms with Crippen molar-refractivity contribution in [2.45, 2.75) is 37.4 Å². The van der Waals surface area contributed by atoms with Crippen LogP contribution >= 0.6 is 23.1 Å². The number of aromatic nitrogens is 3. The third-order valence-electron chi connectivity index (χ3n) is 6.69. The van der Waals surface area contributed by atoms with Gasteiger partial charge in [-0.2, -0.15) is 0 Å². The van der Waals surface area contributed by atoms with E-state index in [9.17, 15) is 39.6 Å². The monoisotopic (exact) mass is 643 g/mol. The zero-order valence-corrected chi connectivity index (χ0v) is 24.6. The molecule has 0 saturated carbocycles. The summed E-state index contributed by atoms with van der Waals surface area (Å²) in [5.41, 5.74) is 4.63. The van der Waals surface area contributed by atoms with Crippen molar-refractivity contribution in [3.63, 3.8) is 0 Å². The van der Waals surface area contributed by atoms with Crippen LogP contribution in [0.15, 0.2) is 52.4 Å². The van der Waals surface area contributed by atoms with Crippen LogP contribution in [0.25, 0.3) is 11.0 Å². The number of thioether (sulfide) groups is 1. The number of amides is 2. The SMILES string of the molecule is CC(C)(ON=C(C(=O)NC1C(=O)N2C(C(=O)O)=C(C=CCn3cnc4cc(O)c(O)cc43)CS[C@@H]12)c1csc(N)n1)C(=O)O. The summed E-state index contributed by atoms with van der Waals surface area (Å²) in [7, 11) is 0. The third kappa shape index (κ3) is 5.63. The van der Waals surface area contributed by atoms with Gasteiger partial charge in [0.25, 0.3) is 11.8 Å². The first-order valence-corrected chi connectivity index (χ1v) is 14.7. The molecule has 3 aromatic rings. The molecule has 1 unspecified atom stereocenters. The van der Waals surface area contributed by atoms with E-state index in [0.717, 1.165) is 16.2 Å². The number of phenolic OH excluding ortho intramolecular Hbond substituents is 2. The fourth-order valence-corrected chi connectivity index (χ4v) is 6.18. The molecule has 18 heteroatoms. The molecule has 2 aromatic heterocycles. The maximum absolute atomic E-state index is 13.2. The van der Waals surface area contributed by atoms with Gasteiger partial charge in [0.15, 0.2) is 22.3 Å². The quantitative estimate of drug-likeness (QED) is 0.0785. The standard InChI is InChI=1S/C26H25N7O9S2/c1-26(2,24(40)41)42-31-17(13-9-44-25(27)29-13)20(36)30-18-21(37)33-19(23(38)39)11(8-43-22(18)33)4-3-5-32-10-28-12-6-15(34)16(35)7-14(12)32/h3-4,6-7,9-10,18,22,34-35H,5,8H2,1-2H3,(H2,27,29)(H,30,36)(H,38,39)(H,40,41)/t18?,22-/m0/s1. The normalized spacial score (nSPS) is 18.8. The predicted octanol–water partition coefficient (Wildman–Crippen LogP) is 1.07. The average molecular weight is 644 g/mol. The summed E-state index contributed by atoms with van der Waals surface area (Å²) in [5, 5.41) is 45.8. The summed E-state index contributed by atoms with van der Waals surface area (Å²) >= 11 is 2.25. The minimum atomic E-state index is -1.78. The molecular formula is C26H25N7O9S2. The largest absolute Gasteiger partial charge is 0.504 e. The Labute approximate surface area is 256 Å². The van der Waals surface area contributed by atoms with E-state index in [-0.39, 0.29) is 40.3 Å². The number of aromatic hydroxyl groups is 2. The topological polar surface area (TPSA) is 243 Å². The second-order valence-corrected chi connectivity index (χ2v) is 12.1. The molecule has 230 valence electrons. The summed E-state index contributed by atoms with van der Waals surface area (Å²) in [4.78, 5) is 64.4. The lowest BCUT2D eigenvalue weighted by Gasteiger charge is -2.49. The number of β-lactam (4-membered cyclic amide) rings is 1. The molecule has 1 aromatic carbocycles. The highest BCUT2D eigenvalue weighted by molar-refractivity contribution is 8.00.